The van der Waals surface area contributed by atoms with Crippen molar-refractivity contribution >= 4 is 34.4 Å². The van der Waals surface area contributed by atoms with E-state index in [0.29, 0.717) is 5.75 Å². The van der Waals surface area contributed by atoms with Crippen molar-refractivity contribution in [3.05, 3.63) is 78.9 Å². The maximum absolute atomic E-state index is 12.2. The molecule has 26 heavy (non-hydrogen) atoms. The molecule has 3 aromatic carbocycles. The fourth-order valence-electron chi connectivity index (χ4n) is 2.53. The van der Waals surface area contributed by atoms with Crippen LogP contribution in [0, 0.1) is 0 Å². The van der Waals surface area contributed by atoms with Gasteiger partial charge in [0, 0.05) is 10.6 Å². The van der Waals surface area contributed by atoms with E-state index in [4.69, 9.17) is 0 Å². The Hall–Kier alpha value is -3.12. The van der Waals surface area contributed by atoms with Crippen molar-refractivity contribution in [1.29, 1.82) is 0 Å². The highest BCUT2D eigenvalue weighted by Crippen LogP contribution is 2.20. The second kappa shape index (κ2) is 7.41. The normalized spacial score (nSPS) is 10.8. The largest absolute Gasteiger partial charge is 0.325 e. The molecule has 0 unspecified atom stereocenters. The maximum atomic E-state index is 12.2. The van der Waals surface area contributed by atoms with Gasteiger partial charge in [0.2, 0.25) is 5.91 Å². The molecule has 0 fully saturated rings. The van der Waals surface area contributed by atoms with Crippen LogP contribution in [-0.4, -0.2) is 26.7 Å². The highest BCUT2D eigenvalue weighted by atomic mass is 32.2. The monoisotopic (exact) mass is 360 g/mol. The number of nitrogens with zero attached hydrogens (tertiary/aromatic N) is 3. The molecule has 1 N–H and O–H groups in total. The Balaban J connectivity index is 1.46. The van der Waals surface area contributed by atoms with Crippen molar-refractivity contribution in [2.24, 2.45) is 0 Å². The molecular weight excluding hydrogens is 344 g/mol. The molecule has 0 atom stereocenters. The van der Waals surface area contributed by atoms with E-state index in [1.165, 1.54) is 11.8 Å². The summed E-state index contributed by atoms with van der Waals surface area (Å²) < 4.78 is 0. The van der Waals surface area contributed by atoms with Crippen LogP contribution < -0.4 is 5.32 Å². The topological polar surface area (TPSA) is 59.8 Å². The molecule has 6 heteroatoms. The first kappa shape index (κ1) is 16.4. The van der Waals surface area contributed by atoms with Crippen LogP contribution in [0.4, 0.5) is 5.69 Å². The Bertz CT molecular complexity index is 1030. The van der Waals surface area contributed by atoms with Gasteiger partial charge in [0.1, 0.15) is 11.0 Å². The summed E-state index contributed by atoms with van der Waals surface area (Å²) in [6, 6.07) is 25.2. The van der Waals surface area contributed by atoms with Gasteiger partial charge in [-0.3, -0.25) is 4.79 Å². The van der Waals surface area contributed by atoms with Crippen LogP contribution in [0.3, 0.4) is 0 Å². The summed E-state index contributed by atoms with van der Waals surface area (Å²) in [4.78, 5) is 14.8. The highest BCUT2D eigenvalue weighted by Gasteiger charge is 2.08. The lowest BCUT2D eigenvalue weighted by atomic mass is 10.3. The van der Waals surface area contributed by atoms with E-state index in [-0.39, 0.29) is 5.91 Å². The quantitative estimate of drug-likeness (QED) is 0.543. The van der Waals surface area contributed by atoms with Gasteiger partial charge in [-0.25, -0.2) is 0 Å². The van der Waals surface area contributed by atoms with Crippen LogP contribution in [0.15, 0.2) is 83.8 Å². The first-order valence-electron chi connectivity index (χ1n) is 8.18. The van der Waals surface area contributed by atoms with Gasteiger partial charge < -0.3 is 5.32 Å². The smallest absolute Gasteiger partial charge is 0.234 e. The maximum Gasteiger partial charge on any atom is 0.234 e. The second-order valence-electron chi connectivity index (χ2n) is 5.68. The molecule has 0 radical (unpaired) electrons. The van der Waals surface area contributed by atoms with E-state index in [9.17, 15) is 4.79 Å². The summed E-state index contributed by atoms with van der Waals surface area (Å²) in [5.41, 5.74) is 3.14. The van der Waals surface area contributed by atoms with E-state index in [1.54, 1.807) is 4.80 Å². The average Bonchev–Trinajstić information content (AvgIpc) is 3.11. The predicted octanol–water partition coefficient (Wildman–Crippen LogP) is 4.15. The summed E-state index contributed by atoms with van der Waals surface area (Å²) in [7, 11) is 0. The van der Waals surface area contributed by atoms with Crippen LogP contribution in [-0.2, 0) is 4.79 Å². The summed E-state index contributed by atoms with van der Waals surface area (Å²) in [5.74, 6) is 0.312. The van der Waals surface area contributed by atoms with Crippen LogP contribution in [0.5, 0.6) is 0 Å². The lowest BCUT2D eigenvalue weighted by molar-refractivity contribution is -0.113. The molecule has 4 rings (SSSR count). The highest BCUT2D eigenvalue weighted by molar-refractivity contribution is 8.00. The zero-order valence-corrected chi connectivity index (χ0v) is 14.7. The standard InChI is InChI=1S/C20H16N4OS/c25-20(14-26-17-9-5-2-6-10-17)21-15-11-12-18-19(13-15)23-24(22-18)16-7-3-1-4-8-16/h1-13H,14H2,(H,21,25). The van der Waals surface area contributed by atoms with E-state index < -0.39 is 0 Å². The van der Waals surface area contributed by atoms with E-state index >= 15 is 0 Å². The first-order chi connectivity index (χ1) is 12.8. The molecule has 4 aromatic rings. The van der Waals surface area contributed by atoms with Gasteiger partial charge in [0.25, 0.3) is 0 Å². The Morgan fingerprint density at radius 1 is 0.885 bits per heavy atom. The molecule has 0 aliphatic heterocycles. The number of hydrogen-bond donors (Lipinski definition) is 1. The fourth-order valence-corrected chi connectivity index (χ4v) is 3.25. The lowest BCUT2D eigenvalue weighted by Gasteiger charge is -2.04. The molecule has 0 aliphatic carbocycles. The number of hydrogen-bond acceptors (Lipinski definition) is 4. The van der Waals surface area contributed by atoms with Gasteiger partial charge in [-0.2, -0.15) is 4.80 Å². The minimum absolute atomic E-state index is 0.0475. The number of carbonyl (C=O) groups is 1. The van der Waals surface area contributed by atoms with Gasteiger partial charge in [-0.05, 0) is 42.5 Å². The number of anilines is 1. The van der Waals surface area contributed by atoms with Crippen molar-refractivity contribution in [3.63, 3.8) is 0 Å². The van der Waals surface area contributed by atoms with Crippen LogP contribution >= 0.6 is 11.8 Å². The Morgan fingerprint density at radius 3 is 2.35 bits per heavy atom. The number of rotatable bonds is 5. The van der Waals surface area contributed by atoms with Crippen LogP contribution in [0.25, 0.3) is 16.7 Å². The minimum atomic E-state index is -0.0475. The number of thioether (sulfide) groups is 1. The van der Waals surface area contributed by atoms with Crippen molar-refractivity contribution in [1.82, 2.24) is 15.0 Å². The van der Waals surface area contributed by atoms with Crippen LogP contribution in [0.2, 0.25) is 0 Å². The lowest BCUT2D eigenvalue weighted by Crippen LogP contribution is -2.13. The number of aromatic nitrogens is 3. The molecule has 0 spiro atoms. The van der Waals surface area contributed by atoms with Crippen molar-refractivity contribution in [2.75, 3.05) is 11.1 Å². The van der Waals surface area contributed by atoms with Crippen LogP contribution in [0.1, 0.15) is 0 Å². The average molecular weight is 360 g/mol. The fraction of sp³-hybridized carbons (Fsp3) is 0.0500. The van der Waals surface area contributed by atoms with E-state index in [0.717, 1.165) is 27.3 Å². The molecule has 0 bridgehead atoms. The summed E-state index contributed by atoms with van der Waals surface area (Å²) >= 11 is 1.51. The molecule has 0 saturated heterocycles. The Kier molecular flexibility index (Phi) is 4.66. The van der Waals surface area contributed by atoms with Crippen molar-refractivity contribution < 1.29 is 4.79 Å². The third-order valence-electron chi connectivity index (χ3n) is 3.76. The number of amides is 1. The Labute approximate surface area is 155 Å². The zero-order chi connectivity index (χ0) is 17.8. The molecule has 1 amide bonds. The number of carbonyl (C=O) groups excluding carboxylic acids is 1. The van der Waals surface area contributed by atoms with Gasteiger partial charge in [0.15, 0.2) is 0 Å². The molecule has 1 heterocycles. The molecule has 128 valence electrons. The summed E-state index contributed by atoms with van der Waals surface area (Å²) in [6.45, 7) is 0. The van der Waals surface area contributed by atoms with Gasteiger partial charge in [-0.1, -0.05) is 36.4 Å². The molecule has 5 nitrogen and oxygen atoms in total. The zero-order valence-electron chi connectivity index (χ0n) is 13.9. The minimum Gasteiger partial charge on any atom is -0.325 e. The number of fused-ring (bicyclic) bond motifs is 1. The number of para-hydroxylation sites is 1. The molecular formula is C20H16N4OS. The first-order valence-corrected chi connectivity index (χ1v) is 9.17. The summed E-state index contributed by atoms with van der Waals surface area (Å²) in [6.07, 6.45) is 0. The third-order valence-corrected chi connectivity index (χ3v) is 4.78. The molecule has 0 saturated carbocycles. The predicted molar refractivity (Wildman–Crippen MR) is 105 cm³/mol. The summed E-state index contributed by atoms with van der Waals surface area (Å²) in [5, 5.41) is 11.9. The Morgan fingerprint density at radius 2 is 1.58 bits per heavy atom. The van der Waals surface area contributed by atoms with E-state index in [1.807, 2.05) is 78.9 Å². The third kappa shape index (κ3) is 3.75. The van der Waals surface area contributed by atoms with Gasteiger partial charge in [-0.15, -0.1) is 22.0 Å². The number of nitrogens with one attached hydrogen (secondary N) is 1. The SMILES string of the molecule is O=C(CSc1ccccc1)Nc1ccc2nn(-c3ccccc3)nc2c1. The molecule has 0 aliphatic rings. The second-order valence-corrected chi connectivity index (χ2v) is 6.73. The van der Waals surface area contributed by atoms with Crippen molar-refractivity contribution in [2.45, 2.75) is 4.90 Å². The molecule has 1 aromatic heterocycles. The number of benzene rings is 3. The van der Waals surface area contributed by atoms with Gasteiger partial charge >= 0.3 is 0 Å². The van der Waals surface area contributed by atoms with Crippen molar-refractivity contribution in [3.8, 4) is 5.69 Å². The van der Waals surface area contributed by atoms with Gasteiger partial charge in [0.05, 0.1) is 11.4 Å². The van der Waals surface area contributed by atoms with E-state index in [2.05, 4.69) is 15.5 Å².